The van der Waals surface area contributed by atoms with E-state index in [1.807, 2.05) is 13.2 Å². The van der Waals surface area contributed by atoms with E-state index < -0.39 is 5.97 Å². The van der Waals surface area contributed by atoms with Crippen LogP contribution >= 0.6 is 21.6 Å². The molecule has 1 atom stereocenters. The molecule has 2 amide bonds. The molecule has 0 radical (unpaired) electrons. The maximum atomic E-state index is 10.4. The van der Waals surface area contributed by atoms with Crippen LogP contribution in [0.25, 0.3) is 0 Å². The quantitative estimate of drug-likeness (QED) is 0.544. The second-order valence-electron chi connectivity index (χ2n) is 4.50. The number of nitrogens with one attached hydrogen (secondary N) is 1. The van der Waals surface area contributed by atoms with Crippen molar-refractivity contribution in [1.82, 2.24) is 5.32 Å². The van der Waals surface area contributed by atoms with Gasteiger partial charge in [0.1, 0.15) is 0 Å². The van der Waals surface area contributed by atoms with Gasteiger partial charge in [0.2, 0.25) is 11.8 Å². The first-order valence-corrected chi connectivity index (χ1v) is 8.64. The number of carbonyl (C=O) groups is 3. The van der Waals surface area contributed by atoms with Crippen molar-refractivity contribution in [2.75, 3.05) is 20.0 Å². The fraction of sp³-hybridized carbons (Fsp3) is 0.750. The third kappa shape index (κ3) is 9.22. The predicted molar refractivity (Wildman–Crippen MR) is 80.6 cm³/mol. The molecule has 1 heterocycles. The van der Waals surface area contributed by atoms with Gasteiger partial charge in [-0.05, 0) is 19.6 Å². The van der Waals surface area contributed by atoms with Gasteiger partial charge in [0, 0.05) is 31.1 Å². The smallest absolute Gasteiger partial charge is 0.303 e. The van der Waals surface area contributed by atoms with Gasteiger partial charge in [0.15, 0.2) is 0 Å². The number of rotatable bonds is 7. The minimum atomic E-state index is -0.746. The zero-order valence-corrected chi connectivity index (χ0v) is 13.6. The molecule has 2 N–H and O–H groups in total. The van der Waals surface area contributed by atoms with Crippen LogP contribution in [0.5, 0.6) is 0 Å². The summed E-state index contributed by atoms with van der Waals surface area (Å²) in [7, 11) is 4.96. The zero-order valence-electron chi connectivity index (χ0n) is 11.9. The van der Waals surface area contributed by atoms with Crippen LogP contribution in [0, 0.1) is 0 Å². The Morgan fingerprint density at radius 1 is 1.40 bits per heavy atom. The summed E-state index contributed by atoms with van der Waals surface area (Å²) in [6.07, 6.45) is 3.58. The molecule has 1 unspecified atom stereocenters. The summed E-state index contributed by atoms with van der Waals surface area (Å²) in [6.45, 7) is 2.62. The normalized spacial score (nSPS) is 16.9. The number of imide groups is 1. The Labute approximate surface area is 126 Å². The molecule has 1 saturated heterocycles. The van der Waals surface area contributed by atoms with E-state index in [9.17, 15) is 14.4 Å². The maximum absolute atomic E-state index is 10.4. The number of carbonyl (C=O) groups excluding carboxylic acids is 2. The first kappa shape index (κ1) is 19.3. The number of ether oxygens (including phenoxy) is 1. The molecule has 8 heteroatoms. The molecular weight excluding hydrogens is 302 g/mol. The van der Waals surface area contributed by atoms with E-state index in [0.717, 1.165) is 0 Å². The summed E-state index contributed by atoms with van der Waals surface area (Å²) < 4.78 is 4.97. The SMILES string of the molecule is COCC(C)(CCC(=O)O)SSC.O=C1CCC(=O)N1. The van der Waals surface area contributed by atoms with Gasteiger partial charge in [-0.25, -0.2) is 0 Å². The van der Waals surface area contributed by atoms with Gasteiger partial charge >= 0.3 is 5.97 Å². The van der Waals surface area contributed by atoms with Gasteiger partial charge in [-0.15, -0.1) is 0 Å². The minimum Gasteiger partial charge on any atom is -0.481 e. The molecule has 0 aliphatic carbocycles. The highest BCUT2D eigenvalue weighted by atomic mass is 33.1. The van der Waals surface area contributed by atoms with Crippen molar-refractivity contribution in [2.45, 2.75) is 37.4 Å². The summed E-state index contributed by atoms with van der Waals surface area (Å²) in [4.78, 5) is 30.6. The number of carboxylic acid groups (broad SMARTS) is 1. The number of methoxy groups -OCH3 is 1. The van der Waals surface area contributed by atoms with Crippen LogP contribution in [0.3, 0.4) is 0 Å². The van der Waals surface area contributed by atoms with E-state index in [4.69, 9.17) is 9.84 Å². The third-order valence-corrected chi connectivity index (χ3v) is 5.06. The Kier molecular flexibility index (Phi) is 9.70. The first-order chi connectivity index (χ1) is 9.33. The zero-order chi connectivity index (χ0) is 15.6. The van der Waals surface area contributed by atoms with Gasteiger partial charge in [0.25, 0.3) is 0 Å². The van der Waals surface area contributed by atoms with Crippen molar-refractivity contribution in [3.05, 3.63) is 0 Å². The van der Waals surface area contributed by atoms with Crippen molar-refractivity contribution in [3.8, 4) is 0 Å². The van der Waals surface area contributed by atoms with E-state index in [2.05, 4.69) is 5.32 Å². The van der Waals surface area contributed by atoms with Crippen molar-refractivity contribution < 1.29 is 24.2 Å². The van der Waals surface area contributed by atoms with Gasteiger partial charge in [-0.3, -0.25) is 19.7 Å². The highest BCUT2D eigenvalue weighted by Gasteiger charge is 2.25. The summed E-state index contributed by atoms with van der Waals surface area (Å²) in [6, 6.07) is 0. The first-order valence-electron chi connectivity index (χ1n) is 6.08. The van der Waals surface area contributed by atoms with Crippen LogP contribution in [0.4, 0.5) is 0 Å². The molecule has 6 nitrogen and oxygen atoms in total. The van der Waals surface area contributed by atoms with Crippen LogP contribution in [0.15, 0.2) is 0 Å². The summed E-state index contributed by atoms with van der Waals surface area (Å²) in [5, 5.41) is 10.7. The van der Waals surface area contributed by atoms with Crippen molar-refractivity contribution >= 4 is 39.4 Å². The molecule has 0 aromatic rings. The fourth-order valence-electron chi connectivity index (χ4n) is 1.52. The molecule has 1 aliphatic heterocycles. The molecular formula is C12H21NO5S2. The van der Waals surface area contributed by atoms with Gasteiger partial charge in [0.05, 0.1) is 6.61 Å². The summed E-state index contributed by atoms with van der Waals surface area (Å²) in [5.74, 6) is -1.04. The van der Waals surface area contributed by atoms with E-state index in [-0.39, 0.29) is 23.0 Å². The van der Waals surface area contributed by atoms with Crippen LogP contribution in [0.1, 0.15) is 32.6 Å². The number of hydrogen-bond acceptors (Lipinski definition) is 6. The number of aliphatic carboxylic acids is 1. The molecule has 0 aromatic heterocycles. The molecule has 1 fully saturated rings. The lowest BCUT2D eigenvalue weighted by molar-refractivity contribution is -0.137. The number of carboxylic acids is 1. The van der Waals surface area contributed by atoms with Crippen molar-refractivity contribution in [2.24, 2.45) is 0 Å². The average Bonchev–Trinajstić information content (AvgIpc) is 2.72. The molecule has 0 bridgehead atoms. The molecule has 0 saturated carbocycles. The molecule has 116 valence electrons. The van der Waals surface area contributed by atoms with Crippen molar-refractivity contribution in [1.29, 1.82) is 0 Å². The lowest BCUT2D eigenvalue weighted by Gasteiger charge is -2.26. The Bertz CT molecular complexity index is 329. The predicted octanol–water partition coefficient (Wildman–Crippen LogP) is 1.69. The molecule has 0 aromatic carbocycles. The minimum absolute atomic E-state index is 0.0907. The number of amides is 2. The molecule has 1 aliphatic rings. The molecule has 1 rings (SSSR count). The molecule has 20 heavy (non-hydrogen) atoms. The maximum Gasteiger partial charge on any atom is 0.303 e. The highest BCUT2D eigenvalue weighted by Crippen LogP contribution is 2.37. The summed E-state index contributed by atoms with van der Waals surface area (Å²) in [5.41, 5.74) is 0. The largest absolute Gasteiger partial charge is 0.481 e. The van der Waals surface area contributed by atoms with Gasteiger partial charge in [-0.2, -0.15) is 0 Å². The van der Waals surface area contributed by atoms with Crippen LogP contribution in [0.2, 0.25) is 0 Å². The van der Waals surface area contributed by atoms with Crippen LogP contribution < -0.4 is 5.32 Å². The lowest BCUT2D eigenvalue weighted by atomic mass is 10.1. The van der Waals surface area contributed by atoms with Gasteiger partial charge in [-0.1, -0.05) is 21.6 Å². The Morgan fingerprint density at radius 2 is 1.95 bits per heavy atom. The van der Waals surface area contributed by atoms with Crippen LogP contribution in [-0.4, -0.2) is 47.6 Å². The monoisotopic (exact) mass is 323 g/mol. The van der Waals surface area contributed by atoms with E-state index >= 15 is 0 Å². The van der Waals surface area contributed by atoms with Crippen molar-refractivity contribution in [3.63, 3.8) is 0 Å². The number of hydrogen-bond donors (Lipinski definition) is 2. The fourth-order valence-corrected chi connectivity index (χ4v) is 3.88. The Balaban J connectivity index is 0.000000428. The van der Waals surface area contributed by atoms with E-state index in [1.165, 1.54) is 0 Å². The third-order valence-electron chi connectivity index (χ3n) is 2.46. The average molecular weight is 323 g/mol. The molecule has 0 spiro atoms. The van der Waals surface area contributed by atoms with E-state index in [1.54, 1.807) is 28.7 Å². The van der Waals surface area contributed by atoms with E-state index in [0.29, 0.717) is 25.9 Å². The Hall–Kier alpha value is -0.730. The second-order valence-corrected chi connectivity index (χ2v) is 7.48. The lowest BCUT2D eigenvalue weighted by Crippen LogP contribution is -2.26. The second kappa shape index (κ2) is 10.1. The Morgan fingerprint density at radius 3 is 2.25 bits per heavy atom. The van der Waals surface area contributed by atoms with Crippen LogP contribution in [-0.2, 0) is 19.1 Å². The topological polar surface area (TPSA) is 92.7 Å². The summed E-state index contributed by atoms with van der Waals surface area (Å²) >= 11 is 0. The standard InChI is InChI=1S/C8H16O3S2.C4H5NO2/c1-8(6-11-2,13-12-3)5-4-7(9)10;6-3-1-2-4(7)5-3/h4-6H2,1-3H3,(H,9,10);1-2H2,(H,5,6,7). The van der Waals surface area contributed by atoms with Gasteiger partial charge < -0.3 is 9.84 Å². The highest BCUT2D eigenvalue weighted by molar-refractivity contribution is 8.77.